The molecule has 0 spiro atoms. The van der Waals surface area contributed by atoms with Crippen LogP contribution < -0.4 is 10.5 Å². The first-order valence-electron chi connectivity index (χ1n) is 9.68. The summed E-state index contributed by atoms with van der Waals surface area (Å²) in [5.41, 5.74) is 12.7. The highest BCUT2D eigenvalue weighted by Crippen LogP contribution is 2.36. The minimum Gasteiger partial charge on any atom is -0.496 e. The molecule has 0 radical (unpaired) electrons. The van der Waals surface area contributed by atoms with Crippen LogP contribution in [-0.4, -0.2) is 17.6 Å². The van der Waals surface area contributed by atoms with Crippen LogP contribution in [0.4, 0.5) is 0 Å². The molecule has 0 bridgehead atoms. The van der Waals surface area contributed by atoms with E-state index in [0.29, 0.717) is 5.56 Å². The fourth-order valence-corrected chi connectivity index (χ4v) is 3.92. The average Bonchev–Trinajstić information content (AvgIpc) is 2.95. The standard InChI is InChI=1S/C24H28N2O2/c1-5-9-20-23(19-12-13-21(28-4)16(2)14-19)22(24(25)27)17(3)26(20)15-18-10-7-6-8-11-18/h6-8,10-14H,5,9,15H2,1-4H3,(H2,25,27). The van der Waals surface area contributed by atoms with Crippen LogP contribution in [0.3, 0.4) is 0 Å². The maximum absolute atomic E-state index is 12.4. The van der Waals surface area contributed by atoms with E-state index in [-0.39, 0.29) is 5.91 Å². The smallest absolute Gasteiger partial charge is 0.251 e. The monoisotopic (exact) mass is 376 g/mol. The topological polar surface area (TPSA) is 57.2 Å². The number of rotatable bonds is 7. The Labute approximate surface area is 166 Å². The zero-order valence-corrected chi connectivity index (χ0v) is 17.1. The summed E-state index contributed by atoms with van der Waals surface area (Å²) in [7, 11) is 1.67. The zero-order chi connectivity index (χ0) is 20.3. The molecule has 1 aromatic heterocycles. The van der Waals surface area contributed by atoms with Crippen LogP contribution in [0.15, 0.2) is 48.5 Å². The third-order valence-corrected chi connectivity index (χ3v) is 5.23. The predicted molar refractivity (Wildman–Crippen MR) is 114 cm³/mol. The second-order valence-corrected chi connectivity index (χ2v) is 7.15. The van der Waals surface area contributed by atoms with Gasteiger partial charge < -0.3 is 15.0 Å². The van der Waals surface area contributed by atoms with Gasteiger partial charge in [0.25, 0.3) is 5.91 Å². The normalized spacial score (nSPS) is 10.9. The van der Waals surface area contributed by atoms with Crippen LogP contribution in [0.25, 0.3) is 11.1 Å². The second-order valence-electron chi connectivity index (χ2n) is 7.15. The number of carbonyl (C=O) groups is 1. The van der Waals surface area contributed by atoms with E-state index in [1.54, 1.807) is 7.11 Å². The van der Waals surface area contributed by atoms with Crippen LogP contribution >= 0.6 is 0 Å². The Kier molecular flexibility index (Phi) is 5.88. The van der Waals surface area contributed by atoms with E-state index >= 15 is 0 Å². The maximum atomic E-state index is 12.4. The number of amides is 1. The number of methoxy groups -OCH3 is 1. The lowest BCUT2D eigenvalue weighted by Gasteiger charge is -2.14. The van der Waals surface area contributed by atoms with Crippen molar-refractivity contribution in [3.8, 4) is 16.9 Å². The molecule has 0 aliphatic rings. The fourth-order valence-electron chi connectivity index (χ4n) is 3.92. The third kappa shape index (κ3) is 3.68. The van der Waals surface area contributed by atoms with Crippen LogP contribution in [0.1, 0.15) is 46.2 Å². The summed E-state index contributed by atoms with van der Waals surface area (Å²) >= 11 is 0. The molecule has 4 nitrogen and oxygen atoms in total. The Morgan fingerprint density at radius 2 is 1.82 bits per heavy atom. The third-order valence-electron chi connectivity index (χ3n) is 5.23. The van der Waals surface area contributed by atoms with Crippen LogP contribution in [0.5, 0.6) is 5.75 Å². The van der Waals surface area contributed by atoms with Gasteiger partial charge >= 0.3 is 0 Å². The summed E-state index contributed by atoms with van der Waals surface area (Å²) in [5, 5.41) is 0. The Hall–Kier alpha value is -3.01. The number of nitrogens with two attached hydrogens (primary N) is 1. The Morgan fingerprint density at radius 3 is 2.39 bits per heavy atom. The van der Waals surface area contributed by atoms with E-state index < -0.39 is 0 Å². The molecule has 0 saturated carbocycles. The van der Waals surface area contributed by atoms with Crippen molar-refractivity contribution < 1.29 is 9.53 Å². The number of benzene rings is 2. The largest absolute Gasteiger partial charge is 0.496 e. The highest BCUT2D eigenvalue weighted by Gasteiger charge is 2.24. The van der Waals surface area contributed by atoms with Gasteiger partial charge in [0, 0.05) is 23.5 Å². The highest BCUT2D eigenvalue weighted by atomic mass is 16.5. The van der Waals surface area contributed by atoms with Gasteiger partial charge in [-0.1, -0.05) is 49.7 Å². The van der Waals surface area contributed by atoms with Gasteiger partial charge in [-0.2, -0.15) is 0 Å². The van der Waals surface area contributed by atoms with Crippen LogP contribution in [0, 0.1) is 13.8 Å². The number of primary amides is 1. The molecule has 1 heterocycles. The molecule has 28 heavy (non-hydrogen) atoms. The molecule has 0 unspecified atom stereocenters. The molecule has 2 N–H and O–H groups in total. The number of aromatic nitrogens is 1. The molecule has 3 aromatic rings. The SMILES string of the molecule is CCCc1c(-c2ccc(OC)c(C)c2)c(C(N)=O)c(C)n1Cc1ccccc1. The molecule has 1 amide bonds. The number of ether oxygens (including phenoxy) is 1. The lowest BCUT2D eigenvalue weighted by Crippen LogP contribution is -2.13. The first-order chi connectivity index (χ1) is 13.5. The zero-order valence-electron chi connectivity index (χ0n) is 17.1. The van der Waals surface area contributed by atoms with Crippen molar-refractivity contribution in [1.82, 2.24) is 4.57 Å². The molecule has 2 aromatic carbocycles. The molecular formula is C24H28N2O2. The lowest BCUT2D eigenvalue weighted by molar-refractivity contribution is 0.1000. The number of aryl methyl sites for hydroxylation is 1. The number of hydrogen-bond acceptors (Lipinski definition) is 2. The van der Waals surface area contributed by atoms with Crippen molar-refractivity contribution in [2.24, 2.45) is 5.73 Å². The van der Waals surface area contributed by atoms with Crippen molar-refractivity contribution in [2.45, 2.75) is 40.2 Å². The number of hydrogen-bond donors (Lipinski definition) is 1. The summed E-state index contributed by atoms with van der Waals surface area (Å²) < 4.78 is 7.65. The highest BCUT2D eigenvalue weighted by molar-refractivity contribution is 6.02. The Morgan fingerprint density at radius 1 is 1.11 bits per heavy atom. The van der Waals surface area contributed by atoms with E-state index in [2.05, 4.69) is 29.7 Å². The summed E-state index contributed by atoms with van der Waals surface area (Å²) in [4.78, 5) is 12.4. The molecule has 0 aliphatic heterocycles. The second kappa shape index (κ2) is 8.34. The summed E-state index contributed by atoms with van der Waals surface area (Å²) in [6.45, 7) is 6.88. The quantitative estimate of drug-likeness (QED) is 0.639. The van der Waals surface area contributed by atoms with Crippen molar-refractivity contribution >= 4 is 5.91 Å². The predicted octanol–water partition coefficient (Wildman–Crippen LogP) is 4.88. The van der Waals surface area contributed by atoms with Gasteiger partial charge in [-0.15, -0.1) is 0 Å². The van der Waals surface area contributed by atoms with Crippen molar-refractivity contribution in [1.29, 1.82) is 0 Å². The Bertz CT molecular complexity index is 988. The Balaban J connectivity index is 2.24. The molecule has 0 fully saturated rings. The van der Waals surface area contributed by atoms with Gasteiger partial charge in [0.1, 0.15) is 5.75 Å². The first-order valence-corrected chi connectivity index (χ1v) is 9.68. The van der Waals surface area contributed by atoms with Gasteiger partial charge in [-0.25, -0.2) is 0 Å². The van der Waals surface area contributed by atoms with E-state index in [1.165, 1.54) is 5.56 Å². The van der Waals surface area contributed by atoms with E-state index in [1.807, 2.05) is 44.2 Å². The van der Waals surface area contributed by atoms with Gasteiger partial charge in [0.15, 0.2) is 0 Å². The fraction of sp³-hybridized carbons (Fsp3) is 0.292. The van der Waals surface area contributed by atoms with Crippen LogP contribution in [0.2, 0.25) is 0 Å². The summed E-state index contributed by atoms with van der Waals surface area (Å²) in [6.07, 6.45) is 1.86. The maximum Gasteiger partial charge on any atom is 0.251 e. The van der Waals surface area contributed by atoms with Gasteiger partial charge in [-0.05, 0) is 49.1 Å². The lowest BCUT2D eigenvalue weighted by atomic mass is 9.96. The van der Waals surface area contributed by atoms with Crippen molar-refractivity contribution in [3.63, 3.8) is 0 Å². The molecule has 0 aliphatic carbocycles. The van der Waals surface area contributed by atoms with Crippen molar-refractivity contribution in [3.05, 3.63) is 76.6 Å². The summed E-state index contributed by atoms with van der Waals surface area (Å²) in [6, 6.07) is 16.3. The van der Waals surface area contributed by atoms with E-state index in [4.69, 9.17) is 10.5 Å². The van der Waals surface area contributed by atoms with E-state index in [9.17, 15) is 4.79 Å². The van der Waals surface area contributed by atoms with Gasteiger partial charge in [0.2, 0.25) is 0 Å². The van der Waals surface area contributed by atoms with E-state index in [0.717, 1.165) is 53.2 Å². The molecular weight excluding hydrogens is 348 g/mol. The van der Waals surface area contributed by atoms with Crippen molar-refractivity contribution in [2.75, 3.05) is 7.11 Å². The molecule has 0 saturated heterocycles. The molecule has 0 atom stereocenters. The molecule has 146 valence electrons. The van der Waals surface area contributed by atoms with Crippen LogP contribution in [-0.2, 0) is 13.0 Å². The van der Waals surface area contributed by atoms with Gasteiger partial charge in [-0.3, -0.25) is 4.79 Å². The minimum absolute atomic E-state index is 0.384. The van der Waals surface area contributed by atoms with Gasteiger partial charge in [0.05, 0.1) is 12.7 Å². The average molecular weight is 377 g/mol. The number of carbonyl (C=O) groups excluding carboxylic acids is 1. The molecule has 3 rings (SSSR count). The first kappa shape index (κ1) is 19.7. The summed E-state index contributed by atoms with van der Waals surface area (Å²) in [5.74, 6) is 0.451. The molecule has 4 heteroatoms. The minimum atomic E-state index is -0.384. The number of nitrogens with zero attached hydrogens (tertiary/aromatic N) is 1.